The minimum atomic E-state index is -0.0560. The molecular formula is C19H30N6O. The van der Waals surface area contributed by atoms with Gasteiger partial charge in [0.05, 0.1) is 0 Å². The fourth-order valence-electron chi connectivity index (χ4n) is 3.46. The van der Waals surface area contributed by atoms with Gasteiger partial charge in [0.2, 0.25) is 0 Å². The number of rotatable bonds is 10. The van der Waals surface area contributed by atoms with E-state index in [0.717, 1.165) is 44.0 Å². The second-order valence-electron chi connectivity index (χ2n) is 7.03. The predicted octanol–water partition coefficient (Wildman–Crippen LogP) is 1.98. The van der Waals surface area contributed by atoms with Gasteiger partial charge < -0.3 is 16.0 Å². The first-order valence-corrected chi connectivity index (χ1v) is 9.86. The third kappa shape index (κ3) is 5.78. The maximum absolute atomic E-state index is 12.1. The van der Waals surface area contributed by atoms with Crippen LogP contribution in [0.3, 0.4) is 0 Å². The van der Waals surface area contributed by atoms with Crippen LogP contribution in [-0.4, -0.2) is 53.5 Å². The van der Waals surface area contributed by atoms with Crippen LogP contribution in [0.25, 0.3) is 11.0 Å². The topological polar surface area (TPSA) is 94.7 Å². The normalized spacial score (nSPS) is 15.4. The average molecular weight is 358 g/mol. The first-order valence-electron chi connectivity index (χ1n) is 9.86. The SMILES string of the molecule is O=C(NCCCCNCCNC1CCCCC1)c1ccc2n[nH]nc2c1. The first kappa shape index (κ1) is 18.8. The summed E-state index contributed by atoms with van der Waals surface area (Å²) in [5, 5.41) is 20.6. The Morgan fingerprint density at radius 2 is 1.81 bits per heavy atom. The number of fused-ring (bicyclic) bond motifs is 1. The van der Waals surface area contributed by atoms with Crippen molar-refractivity contribution in [2.45, 2.75) is 51.0 Å². The molecule has 1 heterocycles. The highest BCUT2D eigenvalue weighted by Crippen LogP contribution is 2.16. The molecular weight excluding hydrogens is 328 g/mol. The Balaban J connectivity index is 1.20. The van der Waals surface area contributed by atoms with Crippen LogP contribution in [0.4, 0.5) is 0 Å². The van der Waals surface area contributed by atoms with Gasteiger partial charge in [0.25, 0.3) is 5.91 Å². The number of nitrogens with one attached hydrogen (secondary N) is 4. The lowest BCUT2D eigenvalue weighted by atomic mass is 9.95. The Hall–Kier alpha value is -1.99. The van der Waals surface area contributed by atoms with Crippen LogP contribution < -0.4 is 16.0 Å². The third-order valence-corrected chi connectivity index (χ3v) is 4.98. The monoisotopic (exact) mass is 358 g/mol. The lowest BCUT2D eigenvalue weighted by Gasteiger charge is -2.22. The lowest BCUT2D eigenvalue weighted by Crippen LogP contribution is -2.36. The number of aromatic amines is 1. The summed E-state index contributed by atoms with van der Waals surface area (Å²) >= 11 is 0. The molecule has 4 N–H and O–H groups in total. The molecule has 1 fully saturated rings. The zero-order valence-electron chi connectivity index (χ0n) is 15.4. The molecule has 0 aliphatic heterocycles. The number of carbonyl (C=O) groups excluding carboxylic acids is 1. The molecule has 0 radical (unpaired) electrons. The molecule has 26 heavy (non-hydrogen) atoms. The summed E-state index contributed by atoms with van der Waals surface area (Å²) in [6.45, 7) is 3.75. The summed E-state index contributed by atoms with van der Waals surface area (Å²) in [5.74, 6) is -0.0560. The molecule has 0 atom stereocenters. The van der Waals surface area contributed by atoms with Gasteiger partial charge in [-0.3, -0.25) is 4.79 Å². The molecule has 0 spiro atoms. The van der Waals surface area contributed by atoms with Gasteiger partial charge in [0, 0.05) is 31.2 Å². The largest absolute Gasteiger partial charge is 0.352 e. The Morgan fingerprint density at radius 3 is 2.69 bits per heavy atom. The molecule has 0 bridgehead atoms. The number of hydrogen-bond donors (Lipinski definition) is 4. The minimum Gasteiger partial charge on any atom is -0.352 e. The molecule has 3 rings (SSSR count). The molecule has 1 aliphatic rings. The van der Waals surface area contributed by atoms with E-state index in [1.54, 1.807) is 18.2 Å². The highest BCUT2D eigenvalue weighted by Gasteiger charge is 2.11. The number of H-pyrrole nitrogens is 1. The number of benzene rings is 1. The maximum Gasteiger partial charge on any atom is 0.251 e. The van der Waals surface area contributed by atoms with Crippen LogP contribution in [0.5, 0.6) is 0 Å². The van der Waals surface area contributed by atoms with Gasteiger partial charge in [-0.2, -0.15) is 15.4 Å². The van der Waals surface area contributed by atoms with Gasteiger partial charge in [-0.15, -0.1) is 0 Å². The van der Waals surface area contributed by atoms with E-state index >= 15 is 0 Å². The standard InChI is InChI=1S/C19H30N6O/c26-19(15-8-9-17-18(14-15)24-25-23-17)22-11-5-4-10-20-12-13-21-16-6-2-1-3-7-16/h8-9,14,16,20-21H,1-7,10-13H2,(H,22,26)(H,23,24,25). The van der Waals surface area contributed by atoms with Crippen molar-refractivity contribution in [3.05, 3.63) is 23.8 Å². The van der Waals surface area contributed by atoms with Gasteiger partial charge in [-0.25, -0.2) is 0 Å². The lowest BCUT2D eigenvalue weighted by molar-refractivity contribution is 0.0953. The first-order chi connectivity index (χ1) is 12.8. The van der Waals surface area contributed by atoms with Crippen LogP contribution in [0.2, 0.25) is 0 Å². The molecule has 1 saturated carbocycles. The van der Waals surface area contributed by atoms with Crippen molar-refractivity contribution >= 4 is 16.9 Å². The van der Waals surface area contributed by atoms with Crippen molar-refractivity contribution in [2.75, 3.05) is 26.2 Å². The fourth-order valence-corrected chi connectivity index (χ4v) is 3.46. The Labute approximate surface area is 154 Å². The number of aromatic nitrogens is 3. The summed E-state index contributed by atoms with van der Waals surface area (Å²) in [6.07, 6.45) is 8.87. The smallest absolute Gasteiger partial charge is 0.251 e. The third-order valence-electron chi connectivity index (χ3n) is 4.98. The van der Waals surface area contributed by atoms with Crippen molar-refractivity contribution in [1.82, 2.24) is 31.4 Å². The molecule has 0 unspecified atom stereocenters. The molecule has 0 saturated heterocycles. The predicted molar refractivity (Wildman–Crippen MR) is 103 cm³/mol. The molecule has 1 amide bonds. The van der Waals surface area contributed by atoms with Gasteiger partial charge in [0.15, 0.2) is 0 Å². The Bertz CT molecular complexity index is 679. The Morgan fingerprint density at radius 1 is 1.00 bits per heavy atom. The van der Waals surface area contributed by atoms with E-state index in [2.05, 4.69) is 31.4 Å². The number of hydrogen-bond acceptors (Lipinski definition) is 5. The molecule has 1 aromatic carbocycles. The van der Waals surface area contributed by atoms with Crippen LogP contribution in [0, 0.1) is 0 Å². The molecule has 1 aromatic heterocycles. The van der Waals surface area contributed by atoms with Gasteiger partial charge in [-0.1, -0.05) is 19.3 Å². The van der Waals surface area contributed by atoms with Crippen LogP contribution in [0.1, 0.15) is 55.3 Å². The molecule has 142 valence electrons. The second-order valence-corrected chi connectivity index (χ2v) is 7.03. The number of amides is 1. The van der Waals surface area contributed by atoms with E-state index in [1.807, 2.05) is 0 Å². The second kappa shape index (κ2) is 10.2. The van der Waals surface area contributed by atoms with Gasteiger partial charge >= 0.3 is 0 Å². The number of nitrogens with zero attached hydrogens (tertiary/aromatic N) is 2. The van der Waals surface area contributed by atoms with Crippen LogP contribution >= 0.6 is 0 Å². The van der Waals surface area contributed by atoms with Crippen LogP contribution in [-0.2, 0) is 0 Å². The zero-order valence-corrected chi connectivity index (χ0v) is 15.4. The highest BCUT2D eigenvalue weighted by atomic mass is 16.1. The van der Waals surface area contributed by atoms with E-state index in [-0.39, 0.29) is 5.91 Å². The van der Waals surface area contributed by atoms with Gasteiger partial charge in [0.1, 0.15) is 11.0 Å². The average Bonchev–Trinajstić information content (AvgIpc) is 3.15. The van der Waals surface area contributed by atoms with E-state index in [9.17, 15) is 4.79 Å². The molecule has 7 nitrogen and oxygen atoms in total. The quantitative estimate of drug-likeness (QED) is 0.487. The molecule has 7 heteroatoms. The van der Waals surface area contributed by atoms with E-state index < -0.39 is 0 Å². The van der Waals surface area contributed by atoms with E-state index in [4.69, 9.17) is 0 Å². The van der Waals surface area contributed by atoms with Crippen molar-refractivity contribution < 1.29 is 4.79 Å². The van der Waals surface area contributed by atoms with E-state index in [1.165, 1.54) is 32.1 Å². The summed E-state index contributed by atoms with van der Waals surface area (Å²) < 4.78 is 0. The summed E-state index contributed by atoms with van der Waals surface area (Å²) in [7, 11) is 0. The van der Waals surface area contributed by atoms with Crippen molar-refractivity contribution in [3.63, 3.8) is 0 Å². The van der Waals surface area contributed by atoms with Crippen molar-refractivity contribution in [1.29, 1.82) is 0 Å². The summed E-state index contributed by atoms with van der Waals surface area (Å²) in [4.78, 5) is 12.1. The molecule has 1 aliphatic carbocycles. The highest BCUT2D eigenvalue weighted by molar-refractivity contribution is 5.97. The van der Waals surface area contributed by atoms with E-state index in [0.29, 0.717) is 17.6 Å². The Kier molecular flexibility index (Phi) is 7.39. The maximum atomic E-state index is 12.1. The van der Waals surface area contributed by atoms with Gasteiger partial charge in [-0.05, 0) is 50.4 Å². The van der Waals surface area contributed by atoms with Crippen molar-refractivity contribution in [3.8, 4) is 0 Å². The van der Waals surface area contributed by atoms with Crippen molar-refractivity contribution in [2.24, 2.45) is 0 Å². The fraction of sp³-hybridized carbons (Fsp3) is 0.632. The summed E-state index contributed by atoms with van der Waals surface area (Å²) in [5.41, 5.74) is 2.10. The van der Waals surface area contributed by atoms with Crippen LogP contribution in [0.15, 0.2) is 18.2 Å². The zero-order chi connectivity index (χ0) is 18.0. The number of unbranched alkanes of at least 4 members (excludes halogenated alkanes) is 1. The minimum absolute atomic E-state index is 0.0560. The number of carbonyl (C=O) groups is 1. The summed E-state index contributed by atoms with van der Waals surface area (Å²) in [6, 6.07) is 6.08. The molecule has 2 aromatic rings.